The summed E-state index contributed by atoms with van der Waals surface area (Å²) in [5.41, 5.74) is 0.546. The maximum absolute atomic E-state index is 14.1. The molecule has 0 spiro atoms. The maximum Gasteiger partial charge on any atom is 0.260 e. The first-order chi connectivity index (χ1) is 15.2. The number of rotatable bonds is 5. The number of hydrogen-bond acceptors (Lipinski definition) is 5. The fraction of sp³-hybridized carbons (Fsp3) is 0.364. The molecule has 1 aliphatic carbocycles. The zero-order valence-corrected chi connectivity index (χ0v) is 19.0. The second kappa shape index (κ2) is 8.80. The van der Waals surface area contributed by atoms with Crippen LogP contribution in [-0.2, 0) is 14.8 Å². The number of piperazine rings is 1. The molecule has 1 heterocycles. The van der Waals surface area contributed by atoms with Crippen molar-refractivity contribution in [3.8, 4) is 5.75 Å². The number of benzene rings is 2. The Bertz CT molecular complexity index is 1160. The first kappa shape index (κ1) is 22.7. The highest BCUT2D eigenvalue weighted by molar-refractivity contribution is 7.89. The second-order valence-electron chi connectivity index (χ2n) is 7.89. The van der Waals surface area contributed by atoms with Crippen LogP contribution >= 0.6 is 11.6 Å². The van der Waals surface area contributed by atoms with Gasteiger partial charge < -0.3 is 9.64 Å². The van der Waals surface area contributed by atoms with Crippen LogP contribution in [-0.4, -0.2) is 62.1 Å². The van der Waals surface area contributed by atoms with E-state index in [2.05, 4.69) is 0 Å². The Morgan fingerprint density at radius 2 is 1.78 bits per heavy atom. The van der Waals surface area contributed by atoms with Crippen LogP contribution in [0.3, 0.4) is 0 Å². The van der Waals surface area contributed by atoms with Crippen molar-refractivity contribution in [2.24, 2.45) is 0 Å². The van der Waals surface area contributed by atoms with Crippen molar-refractivity contribution in [1.29, 1.82) is 0 Å². The van der Waals surface area contributed by atoms with Gasteiger partial charge in [0.25, 0.3) is 5.91 Å². The van der Waals surface area contributed by atoms with Gasteiger partial charge in [-0.2, -0.15) is 4.31 Å². The van der Waals surface area contributed by atoms with Crippen LogP contribution in [0.5, 0.6) is 5.75 Å². The summed E-state index contributed by atoms with van der Waals surface area (Å²) in [6.45, 7) is 2.19. The number of fused-ring (bicyclic) bond motifs is 1. The first-order valence-corrected chi connectivity index (χ1v) is 12.0. The molecule has 1 saturated heterocycles. The molecule has 1 fully saturated rings. The van der Waals surface area contributed by atoms with E-state index in [1.54, 1.807) is 6.92 Å². The SMILES string of the molecule is C[C@@H]1CC(=O)c2c(OCC(=O)N3CCN(S(=O)(=O)c4ccc(Cl)cc4)CC3)ccc(F)c21. The highest BCUT2D eigenvalue weighted by Gasteiger charge is 2.33. The Balaban J connectivity index is 1.37. The molecule has 10 heteroatoms. The molecule has 32 heavy (non-hydrogen) atoms. The zero-order chi connectivity index (χ0) is 23.0. The largest absolute Gasteiger partial charge is 0.483 e. The van der Waals surface area contributed by atoms with Crippen LogP contribution < -0.4 is 4.74 Å². The minimum atomic E-state index is -3.67. The van der Waals surface area contributed by atoms with Gasteiger partial charge in [0.05, 0.1) is 10.5 Å². The molecule has 1 atom stereocenters. The van der Waals surface area contributed by atoms with E-state index < -0.39 is 15.8 Å². The molecule has 170 valence electrons. The van der Waals surface area contributed by atoms with E-state index in [0.29, 0.717) is 10.6 Å². The summed E-state index contributed by atoms with van der Waals surface area (Å²) in [5, 5.41) is 0.447. The zero-order valence-electron chi connectivity index (χ0n) is 17.4. The molecule has 0 unspecified atom stereocenters. The van der Waals surface area contributed by atoms with Gasteiger partial charge >= 0.3 is 0 Å². The van der Waals surface area contributed by atoms with Crippen molar-refractivity contribution >= 4 is 33.3 Å². The lowest BCUT2D eigenvalue weighted by Gasteiger charge is -2.34. The highest BCUT2D eigenvalue weighted by Crippen LogP contribution is 2.39. The van der Waals surface area contributed by atoms with Crippen LogP contribution in [0.1, 0.15) is 35.2 Å². The van der Waals surface area contributed by atoms with Crippen molar-refractivity contribution in [1.82, 2.24) is 9.21 Å². The van der Waals surface area contributed by atoms with Crippen molar-refractivity contribution in [2.75, 3.05) is 32.8 Å². The normalized spacial score (nSPS) is 19.2. The summed E-state index contributed by atoms with van der Waals surface area (Å²) < 4.78 is 46.6. The molecule has 1 aliphatic heterocycles. The number of hydrogen-bond donors (Lipinski definition) is 0. The van der Waals surface area contributed by atoms with E-state index in [4.69, 9.17) is 16.3 Å². The van der Waals surface area contributed by atoms with Gasteiger partial charge in [-0.3, -0.25) is 9.59 Å². The summed E-state index contributed by atoms with van der Waals surface area (Å²) in [5.74, 6) is -1.00. The average molecular weight is 481 g/mol. The lowest BCUT2D eigenvalue weighted by Crippen LogP contribution is -2.51. The van der Waals surface area contributed by atoms with E-state index in [-0.39, 0.29) is 73.0 Å². The predicted octanol–water partition coefficient (Wildman–Crippen LogP) is 3.08. The lowest BCUT2D eigenvalue weighted by molar-refractivity contribution is -0.134. The third kappa shape index (κ3) is 4.24. The number of amides is 1. The molecule has 2 aromatic carbocycles. The molecular formula is C22H22ClFN2O5S. The van der Waals surface area contributed by atoms with Gasteiger partial charge in [-0.05, 0) is 42.3 Å². The molecule has 2 aliphatic rings. The Hall–Kier alpha value is -2.49. The lowest BCUT2D eigenvalue weighted by atomic mass is 10.0. The van der Waals surface area contributed by atoms with Crippen LogP contribution in [0.25, 0.3) is 0 Å². The summed E-state index contributed by atoms with van der Waals surface area (Å²) >= 11 is 5.83. The molecule has 2 aromatic rings. The number of Topliss-reactive ketones (excluding diaryl/α,β-unsaturated/α-hetero) is 1. The average Bonchev–Trinajstić information content (AvgIpc) is 3.08. The smallest absolute Gasteiger partial charge is 0.260 e. The fourth-order valence-corrected chi connectivity index (χ4v) is 5.66. The second-order valence-corrected chi connectivity index (χ2v) is 10.3. The summed E-state index contributed by atoms with van der Waals surface area (Å²) in [6, 6.07) is 8.55. The molecule has 0 N–H and O–H groups in total. The van der Waals surface area contributed by atoms with E-state index in [1.807, 2.05) is 0 Å². The summed E-state index contributed by atoms with van der Waals surface area (Å²) in [7, 11) is -3.67. The quantitative estimate of drug-likeness (QED) is 0.656. The molecular weight excluding hydrogens is 459 g/mol. The fourth-order valence-electron chi connectivity index (χ4n) is 4.11. The van der Waals surface area contributed by atoms with E-state index in [0.717, 1.165) is 0 Å². The van der Waals surface area contributed by atoms with E-state index >= 15 is 0 Å². The number of ether oxygens (including phenoxy) is 1. The van der Waals surface area contributed by atoms with Crippen molar-refractivity contribution in [3.63, 3.8) is 0 Å². The number of halogens is 2. The Kier molecular flexibility index (Phi) is 6.24. The van der Waals surface area contributed by atoms with E-state index in [9.17, 15) is 22.4 Å². The van der Waals surface area contributed by atoms with Gasteiger partial charge in [-0.1, -0.05) is 18.5 Å². The Labute approximate surface area is 190 Å². The molecule has 1 amide bonds. The number of nitrogens with zero attached hydrogens (tertiary/aromatic N) is 2. The van der Waals surface area contributed by atoms with Gasteiger partial charge in [-0.25, -0.2) is 12.8 Å². The third-order valence-corrected chi connectivity index (χ3v) is 7.98. The molecule has 0 bridgehead atoms. The Morgan fingerprint density at radius 3 is 2.44 bits per heavy atom. The minimum absolute atomic E-state index is 0.147. The minimum Gasteiger partial charge on any atom is -0.483 e. The maximum atomic E-state index is 14.1. The van der Waals surface area contributed by atoms with Gasteiger partial charge in [-0.15, -0.1) is 0 Å². The van der Waals surface area contributed by atoms with Gasteiger partial charge in [0.1, 0.15) is 11.6 Å². The number of carbonyl (C=O) groups excluding carboxylic acids is 2. The standard InChI is InChI=1S/C22H22ClFN2O5S/c1-14-12-18(27)22-19(7-6-17(24)21(14)22)31-13-20(28)25-8-10-26(11-9-25)32(29,30)16-4-2-15(23)3-5-16/h2-7,14H,8-13H2,1H3/t14-/m1/s1. The third-order valence-electron chi connectivity index (χ3n) is 5.81. The Morgan fingerprint density at radius 1 is 1.12 bits per heavy atom. The van der Waals surface area contributed by atoms with Gasteiger partial charge in [0, 0.05) is 43.2 Å². The number of carbonyl (C=O) groups is 2. The molecule has 7 nitrogen and oxygen atoms in total. The van der Waals surface area contributed by atoms with Gasteiger partial charge in [0.2, 0.25) is 10.0 Å². The molecule has 0 aromatic heterocycles. The van der Waals surface area contributed by atoms with Crippen molar-refractivity contribution in [2.45, 2.75) is 24.2 Å². The van der Waals surface area contributed by atoms with Crippen molar-refractivity contribution in [3.05, 3.63) is 58.4 Å². The first-order valence-electron chi connectivity index (χ1n) is 10.2. The number of sulfonamides is 1. The highest BCUT2D eigenvalue weighted by atomic mass is 35.5. The molecule has 0 saturated carbocycles. The van der Waals surface area contributed by atoms with Crippen molar-refractivity contribution < 1.29 is 27.1 Å². The summed E-state index contributed by atoms with van der Waals surface area (Å²) in [4.78, 5) is 26.5. The van der Waals surface area contributed by atoms with Crippen LogP contribution in [0.2, 0.25) is 5.02 Å². The van der Waals surface area contributed by atoms with Crippen LogP contribution in [0.4, 0.5) is 4.39 Å². The predicted molar refractivity (Wildman–Crippen MR) is 116 cm³/mol. The van der Waals surface area contributed by atoms with Gasteiger partial charge in [0.15, 0.2) is 12.4 Å². The molecule has 0 radical (unpaired) electrons. The number of ketones is 1. The monoisotopic (exact) mass is 480 g/mol. The van der Waals surface area contributed by atoms with Crippen LogP contribution in [0, 0.1) is 5.82 Å². The topological polar surface area (TPSA) is 84.0 Å². The van der Waals surface area contributed by atoms with E-state index in [1.165, 1.54) is 45.6 Å². The molecule has 4 rings (SSSR count). The van der Waals surface area contributed by atoms with Crippen LogP contribution in [0.15, 0.2) is 41.3 Å². The summed E-state index contributed by atoms with van der Waals surface area (Å²) in [6.07, 6.45) is 0.213.